The van der Waals surface area contributed by atoms with Crippen LogP contribution in [0.3, 0.4) is 0 Å². The van der Waals surface area contributed by atoms with E-state index in [4.69, 9.17) is 16.3 Å². The van der Waals surface area contributed by atoms with Gasteiger partial charge in [-0.25, -0.2) is 8.42 Å². The molecule has 3 rings (SSSR count). The molecule has 0 radical (unpaired) electrons. The predicted octanol–water partition coefficient (Wildman–Crippen LogP) is 2.43. The summed E-state index contributed by atoms with van der Waals surface area (Å²) in [5, 5.41) is 2.39. The average molecular weight is 467 g/mol. The Morgan fingerprint density at radius 2 is 2.00 bits per heavy atom. The maximum absolute atomic E-state index is 13.6. The van der Waals surface area contributed by atoms with Gasteiger partial charge in [-0.1, -0.05) is 12.1 Å². The second-order valence-corrected chi connectivity index (χ2v) is 8.52. The SMILES string of the molecule is [2H]C([2H])([2H])Oc1ccc([C@]([2H])(N2C(=O)c3cccc(NC(C)=O)c3C2=O)C([2H])([2H])S(C)(=O)=O)cc1OCC. The molecule has 10 heteroatoms. The van der Waals surface area contributed by atoms with Gasteiger partial charge in [0.25, 0.3) is 11.8 Å². The van der Waals surface area contributed by atoms with Crippen LogP contribution in [0.15, 0.2) is 36.4 Å². The third-order valence-electron chi connectivity index (χ3n) is 4.36. The Kier molecular flexibility index (Phi) is 4.57. The Morgan fingerprint density at radius 3 is 2.62 bits per heavy atom. The molecule has 1 aliphatic heterocycles. The molecule has 0 spiro atoms. The first kappa shape index (κ1) is 16.3. The van der Waals surface area contributed by atoms with Crippen LogP contribution in [0, 0.1) is 0 Å². The van der Waals surface area contributed by atoms with E-state index in [1.165, 1.54) is 18.2 Å². The molecule has 32 heavy (non-hydrogen) atoms. The van der Waals surface area contributed by atoms with Crippen LogP contribution < -0.4 is 14.8 Å². The van der Waals surface area contributed by atoms with Gasteiger partial charge in [-0.3, -0.25) is 19.3 Å². The number of fused-ring (bicyclic) bond motifs is 1. The number of hydrogen-bond donors (Lipinski definition) is 1. The summed E-state index contributed by atoms with van der Waals surface area (Å²) in [7, 11) is -7.71. The molecule has 0 aromatic heterocycles. The van der Waals surface area contributed by atoms with Crippen LogP contribution in [0.2, 0.25) is 0 Å². The summed E-state index contributed by atoms with van der Waals surface area (Å²) in [6, 6.07) is 3.57. The minimum atomic E-state index is -4.81. The second-order valence-electron chi connectivity index (χ2n) is 6.77. The van der Waals surface area contributed by atoms with Gasteiger partial charge in [0.15, 0.2) is 11.5 Å². The third-order valence-corrected chi connectivity index (χ3v) is 4.92. The lowest BCUT2D eigenvalue weighted by atomic mass is 10.1. The number of benzene rings is 2. The molecule has 2 aromatic rings. The van der Waals surface area contributed by atoms with Gasteiger partial charge in [0.2, 0.25) is 5.91 Å². The van der Waals surface area contributed by atoms with E-state index in [0.717, 1.165) is 25.1 Å². The Balaban J connectivity index is 2.32. The standard InChI is InChI=1S/C22H24N2O7S/c1-5-31-19-11-14(9-10-18(19)30-3)17(12-32(4,28)29)24-21(26)15-7-6-8-16(23-13(2)25)20(15)22(24)27/h6-11,17H,5,12H2,1-4H3,(H,23,25)/t17-/m1/s1/i3D3,12D2,17D. The van der Waals surface area contributed by atoms with Gasteiger partial charge in [-0.15, -0.1) is 0 Å². The summed E-state index contributed by atoms with van der Waals surface area (Å²) < 4.78 is 83.7. The average Bonchev–Trinajstić information content (AvgIpc) is 3.03. The summed E-state index contributed by atoms with van der Waals surface area (Å²) in [4.78, 5) is 38.9. The molecule has 1 N–H and O–H groups in total. The Bertz CT molecular complexity index is 1430. The maximum Gasteiger partial charge on any atom is 0.264 e. The Hall–Kier alpha value is -3.40. The highest BCUT2D eigenvalue weighted by atomic mass is 32.2. The van der Waals surface area contributed by atoms with E-state index < -0.39 is 51.9 Å². The monoisotopic (exact) mass is 466 g/mol. The molecular formula is C22H24N2O7S. The number of rotatable bonds is 8. The first-order chi connectivity index (χ1) is 17.4. The van der Waals surface area contributed by atoms with Gasteiger partial charge >= 0.3 is 0 Å². The van der Waals surface area contributed by atoms with E-state index in [1.54, 1.807) is 6.92 Å². The molecule has 2 aromatic carbocycles. The van der Waals surface area contributed by atoms with Crippen LogP contribution in [-0.4, -0.2) is 56.6 Å². The molecule has 3 amide bonds. The van der Waals surface area contributed by atoms with Crippen LogP contribution in [0.25, 0.3) is 0 Å². The lowest BCUT2D eigenvalue weighted by Crippen LogP contribution is -2.37. The Morgan fingerprint density at radius 1 is 1.25 bits per heavy atom. The third kappa shape index (κ3) is 4.59. The van der Waals surface area contributed by atoms with E-state index in [0.29, 0.717) is 6.26 Å². The number of ether oxygens (including phenoxy) is 2. The highest BCUT2D eigenvalue weighted by molar-refractivity contribution is 7.90. The number of carbonyl (C=O) groups excluding carboxylic acids is 3. The van der Waals surface area contributed by atoms with Crippen molar-refractivity contribution >= 4 is 33.2 Å². The molecular weight excluding hydrogens is 436 g/mol. The number of hydrogen-bond acceptors (Lipinski definition) is 7. The predicted molar refractivity (Wildman–Crippen MR) is 118 cm³/mol. The maximum atomic E-state index is 13.6. The van der Waals surface area contributed by atoms with Crippen LogP contribution >= 0.6 is 0 Å². The van der Waals surface area contributed by atoms with Crippen molar-refractivity contribution in [3.8, 4) is 11.5 Å². The lowest BCUT2D eigenvalue weighted by Gasteiger charge is -2.27. The molecule has 0 aliphatic carbocycles. The molecule has 0 fully saturated rings. The van der Waals surface area contributed by atoms with E-state index in [9.17, 15) is 24.2 Å². The molecule has 1 aliphatic rings. The van der Waals surface area contributed by atoms with Gasteiger partial charge in [0.1, 0.15) is 9.84 Å². The number of imide groups is 1. The fourth-order valence-electron chi connectivity index (χ4n) is 3.20. The zero-order valence-electron chi connectivity index (χ0n) is 23.4. The van der Waals surface area contributed by atoms with Crippen LogP contribution in [0.5, 0.6) is 11.5 Å². The summed E-state index contributed by atoms with van der Waals surface area (Å²) in [5.74, 6) is -3.60. The number of methoxy groups -OCH3 is 1. The summed E-state index contributed by atoms with van der Waals surface area (Å²) in [6.07, 6.45) is 0.507. The molecule has 1 atom stereocenters. The molecule has 1 heterocycles. The van der Waals surface area contributed by atoms with Crippen LogP contribution in [0.4, 0.5) is 5.69 Å². The van der Waals surface area contributed by atoms with Crippen LogP contribution in [-0.2, 0) is 14.6 Å². The molecule has 0 bridgehead atoms. The van der Waals surface area contributed by atoms with Gasteiger partial charge in [-0.2, -0.15) is 0 Å². The quantitative estimate of drug-likeness (QED) is 0.594. The molecule has 0 unspecified atom stereocenters. The van der Waals surface area contributed by atoms with Crippen molar-refractivity contribution in [3.05, 3.63) is 53.1 Å². The zero-order valence-corrected chi connectivity index (χ0v) is 18.2. The minimum Gasteiger partial charge on any atom is -0.493 e. The highest BCUT2D eigenvalue weighted by Crippen LogP contribution is 2.38. The van der Waals surface area contributed by atoms with Crippen molar-refractivity contribution in [2.24, 2.45) is 0 Å². The smallest absolute Gasteiger partial charge is 0.264 e. The van der Waals surface area contributed by atoms with Crippen molar-refractivity contribution < 1.29 is 40.5 Å². The number of amides is 3. The number of carbonyl (C=O) groups is 3. The number of nitrogens with zero attached hydrogens (tertiary/aromatic N) is 1. The largest absolute Gasteiger partial charge is 0.493 e. The van der Waals surface area contributed by atoms with E-state index in [1.807, 2.05) is 0 Å². The van der Waals surface area contributed by atoms with Crippen molar-refractivity contribution in [2.75, 3.05) is 30.9 Å². The molecule has 170 valence electrons. The van der Waals surface area contributed by atoms with Gasteiger partial charge in [-0.05, 0) is 36.8 Å². The lowest BCUT2D eigenvalue weighted by molar-refractivity contribution is -0.114. The van der Waals surface area contributed by atoms with Crippen molar-refractivity contribution in [3.63, 3.8) is 0 Å². The normalized spacial score (nSPS) is 18.8. The fourth-order valence-corrected chi connectivity index (χ4v) is 3.76. The van der Waals surface area contributed by atoms with E-state index in [-0.39, 0.29) is 39.8 Å². The number of sulfone groups is 1. The van der Waals surface area contributed by atoms with E-state index >= 15 is 0 Å². The molecule has 0 saturated heterocycles. The van der Waals surface area contributed by atoms with Crippen molar-refractivity contribution in [1.82, 2.24) is 4.90 Å². The minimum absolute atomic E-state index is 0.0299. The highest BCUT2D eigenvalue weighted by Gasteiger charge is 2.43. The van der Waals surface area contributed by atoms with Gasteiger partial charge < -0.3 is 14.8 Å². The first-order valence-electron chi connectivity index (χ1n) is 12.3. The van der Waals surface area contributed by atoms with Crippen molar-refractivity contribution in [1.29, 1.82) is 0 Å². The molecule has 9 nitrogen and oxygen atoms in total. The topological polar surface area (TPSA) is 119 Å². The Labute approximate surface area is 194 Å². The van der Waals surface area contributed by atoms with Gasteiger partial charge in [0.05, 0.1) is 47.7 Å². The first-order valence-corrected chi connectivity index (χ1v) is 11.2. The van der Waals surface area contributed by atoms with Crippen LogP contribution in [0.1, 0.15) is 54.4 Å². The summed E-state index contributed by atoms with van der Waals surface area (Å²) in [6.45, 7) is 2.68. The van der Waals surface area contributed by atoms with Gasteiger partial charge in [0, 0.05) is 15.9 Å². The zero-order chi connectivity index (χ0) is 28.8. The summed E-state index contributed by atoms with van der Waals surface area (Å²) in [5.41, 5.74) is -4.83. The van der Waals surface area contributed by atoms with Crippen molar-refractivity contribution in [2.45, 2.75) is 19.9 Å². The number of nitrogens with one attached hydrogen (secondary N) is 1. The fraction of sp³-hybridized carbons (Fsp3) is 0.318. The number of anilines is 1. The second kappa shape index (κ2) is 8.99. The van der Waals surface area contributed by atoms with E-state index in [2.05, 4.69) is 5.32 Å². The summed E-state index contributed by atoms with van der Waals surface area (Å²) >= 11 is 0. The molecule has 0 saturated carbocycles.